The number of aromatic nitrogens is 2. The topological polar surface area (TPSA) is 57.8 Å². The number of nitrogens with one attached hydrogen (secondary N) is 2. The van der Waals surface area contributed by atoms with Gasteiger partial charge in [0.1, 0.15) is 0 Å². The standard InChI is InChI=1S/C20H27N3O/c24-20(15-6-2-1-3-7-15)21-16-12-10-14(11-13-16)19-17-8-4-5-9-18(17)22-23-19/h4-5,8-9,14-16H,1-3,6-7,10-13H2,(H,21,24)(H,22,23). The molecule has 0 saturated heterocycles. The van der Waals surface area contributed by atoms with Gasteiger partial charge >= 0.3 is 0 Å². The third-order valence-electron chi connectivity index (χ3n) is 5.95. The minimum atomic E-state index is 0.271. The quantitative estimate of drug-likeness (QED) is 0.884. The molecule has 2 saturated carbocycles. The van der Waals surface area contributed by atoms with E-state index >= 15 is 0 Å². The van der Waals surface area contributed by atoms with Gasteiger partial charge in [-0.25, -0.2) is 0 Å². The molecule has 1 aromatic carbocycles. The monoisotopic (exact) mass is 325 g/mol. The molecule has 128 valence electrons. The highest BCUT2D eigenvalue weighted by atomic mass is 16.1. The number of carbonyl (C=O) groups is 1. The molecule has 0 radical (unpaired) electrons. The molecule has 4 nitrogen and oxygen atoms in total. The summed E-state index contributed by atoms with van der Waals surface area (Å²) in [6.45, 7) is 0. The molecular formula is C20H27N3O. The average Bonchev–Trinajstić information content (AvgIpc) is 3.07. The first-order chi connectivity index (χ1) is 11.8. The number of amides is 1. The molecule has 1 amide bonds. The van der Waals surface area contributed by atoms with Gasteiger partial charge in [-0.1, -0.05) is 37.5 Å². The minimum absolute atomic E-state index is 0.271. The van der Waals surface area contributed by atoms with E-state index in [0.29, 0.717) is 17.9 Å². The van der Waals surface area contributed by atoms with E-state index in [-0.39, 0.29) is 5.92 Å². The number of para-hydroxylation sites is 1. The third-order valence-corrected chi connectivity index (χ3v) is 5.95. The lowest BCUT2D eigenvalue weighted by Gasteiger charge is -2.30. The number of H-pyrrole nitrogens is 1. The van der Waals surface area contributed by atoms with E-state index in [9.17, 15) is 4.79 Å². The number of benzene rings is 1. The van der Waals surface area contributed by atoms with Crippen LogP contribution in [-0.4, -0.2) is 22.1 Å². The number of rotatable bonds is 3. The summed E-state index contributed by atoms with van der Waals surface area (Å²) in [6, 6.07) is 8.70. The van der Waals surface area contributed by atoms with Crippen molar-refractivity contribution in [3.8, 4) is 0 Å². The molecule has 4 heteroatoms. The summed E-state index contributed by atoms with van der Waals surface area (Å²) in [6.07, 6.45) is 10.3. The fraction of sp³-hybridized carbons (Fsp3) is 0.600. The Morgan fingerprint density at radius 2 is 1.75 bits per heavy atom. The van der Waals surface area contributed by atoms with E-state index in [4.69, 9.17) is 0 Å². The molecule has 0 bridgehead atoms. The maximum atomic E-state index is 12.4. The van der Waals surface area contributed by atoms with Gasteiger partial charge in [0.2, 0.25) is 5.91 Å². The highest BCUT2D eigenvalue weighted by Crippen LogP contribution is 2.35. The first-order valence-electron chi connectivity index (χ1n) is 9.54. The van der Waals surface area contributed by atoms with Crippen molar-refractivity contribution >= 4 is 16.8 Å². The molecule has 2 aromatic rings. The third kappa shape index (κ3) is 3.19. The van der Waals surface area contributed by atoms with Crippen LogP contribution >= 0.6 is 0 Å². The van der Waals surface area contributed by atoms with Gasteiger partial charge < -0.3 is 5.32 Å². The number of nitrogens with zero attached hydrogens (tertiary/aromatic N) is 1. The molecule has 0 atom stereocenters. The van der Waals surface area contributed by atoms with Gasteiger partial charge in [-0.05, 0) is 44.6 Å². The number of hydrogen-bond donors (Lipinski definition) is 2. The first-order valence-corrected chi connectivity index (χ1v) is 9.54. The van der Waals surface area contributed by atoms with Crippen LogP contribution in [0, 0.1) is 5.92 Å². The highest BCUT2D eigenvalue weighted by molar-refractivity contribution is 5.81. The zero-order valence-corrected chi connectivity index (χ0v) is 14.3. The van der Waals surface area contributed by atoms with Crippen molar-refractivity contribution in [1.29, 1.82) is 0 Å². The average molecular weight is 325 g/mol. The summed E-state index contributed by atoms with van der Waals surface area (Å²) in [7, 11) is 0. The van der Waals surface area contributed by atoms with Crippen molar-refractivity contribution in [1.82, 2.24) is 15.5 Å². The van der Waals surface area contributed by atoms with Gasteiger partial charge in [-0.3, -0.25) is 9.89 Å². The van der Waals surface area contributed by atoms with Crippen LogP contribution < -0.4 is 5.32 Å². The second-order valence-electron chi connectivity index (χ2n) is 7.55. The second-order valence-corrected chi connectivity index (χ2v) is 7.55. The number of aromatic amines is 1. The van der Waals surface area contributed by atoms with Crippen molar-refractivity contribution in [3.63, 3.8) is 0 Å². The number of hydrogen-bond acceptors (Lipinski definition) is 2. The Morgan fingerprint density at radius 3 is 2.54 bits per heavy atom. The van der Waals surface area contributed by atoms with Crippen LogP contribution in [0.5, 0.6) is 0 Å². The summed E-state index contributed by atoms with van der Waals surface area (Å²) in [4.78, 5) is 12.4. The van der Waals surface area contributed by atoms with Crippen molar-refractivity contribution < 1.29 is 4.79 Å². The second kappa shape index (κ2) is 6.96. The van der Waals surface area contributed by atoms with Crippen molar-refractivity contribution in [2.24, 2.45) is 5.92 Å². The predicted molar refractivity (Wildman–Crippen MR) is 95.8 cm³/mol. The summed E-state index contributed by atoms with van der Waals surface area (Å²) >= 11 is 0. The maximum Gasteiger partial charge on any atom is 0.223 e. The van der Waals surface area contributed by atoms with Crippen LogP contribution in [-0.2, 0) is 4.79 Å². The molecule has 2 fully saturated rings. The van der Waals surface area contributed by atoms with Crippen LogP contribution in [0.1, 0.15) is 69.4 Å². The molecule has 1 aromatic heterocycles. The summed E-state index contributed by atoms with van der Waals surface area (Å²) in [5.41, 5.74) is 2.34. The van der Waals surface area contributed by atoms with Gasteiger partial charge in [-0.2, -0.15) is 5.10 Å². The van der Waals surface area contributed by atoms with Crippen LogP contribution in [0.3, 0.4) is 0 Å². The van der Waals surface area contributed by atoms with Crippen molar-refractivity contribution in [2.75, 3.05) is 0 Å². The Kier molecular flexibility index (Phi) is 4.54. The van der Waals surface area contributed by atoms with Crippen LogP contribution in [0.2, 0.25) is 0 Å². The van der Waals surface area contributed by atoms with E-state index in [0.717, 1.165) is 44.0 Å². The van der Waals surface area contributed by atoms with Crippen molar-refractivity contribution in [2.45, 2.75) is 69.7 Å². The minimum Gasteiger partial charge on any atom is -0.353 e. The lowest BCUT2D eigenvalue weighted by Crippen LogP contribution is -2.41. The largest absolute Gasteiger partial charge is 0.353 e. The SMILES string of the molecule is O=C(NC1CCC(c2[nH]nc3ccccc23)CC1)C1CCCCC1. The molecule has 1 heterocycles. The van der Waals surface area contributed by atoms with E-state index < -0.39 is 0 Å². The highest BCUT2D eigenvalue weighted by Gasteiger charge is 2.28. The van der Waals surface area contributed by atoms with E-state index in [1.54, 1.807) is 0 Å². The van der Waals surface area contributed by atoms with Crippen LogP contribution in [0.4, 0.5) is 0 Å². The van der Waals surface area contributed by atoms with Crippen LogP contribution in [0.15, 0.2) is 24.3 Å². The molecule has 2 aliphatic carbocycles. The van der Waals surface area contributed by atoms with Gasteiger partial charge in [0.05, 0.1) is 5.52 Å². The fourth-order valence-corrected chi connectivity index (χ4v) is 4.50. The smallest absolute Gasteiger partial charge is 0.223 e. The first kappa shape index (κ1) is 15.7. The summed E-state index contributed by atoms with van der Waals surface area (Å²) in [5, 5.41) is 12.3. The molecule has 2 aliphatic rings. The molecule has 4 rings (SSSR count). The molecular weight excluding hydrogens is 298 g/mol. The number of fused-ring (bicyclic) bond motifs is 1. The van der Waals surface area contributed by atoms with E-state index in [1.165, 1.54) is 30.3 Å². The zero-order valence-electron chi connectivity index (χ0n) is 14.3. The fourth-order valence-electron chi connectivity index (χ4n) is 4.50. The maximum absolute atomic E-state index is 12.4. The van der Waals surface area contributed by atoms with Gasteiger partial charge in [0.15, 0.2) is 0 Å². The summed E-state index contributed by atoms with van der Waals surface area (Å²) < 4.78 is 0. The van der Waals surface area contributed by atoms with E-state index in [1.807, 2.05) is 6.07 Å². The summed E-state index contributed by atoms with van der Waals surface area (Å²) in [5.74, 6) is 1.12. The lowest BCUT2D eigenvalue weighted by atomic mass is 9.82. The predicted octanol–water partition coefficient (Wildman–Crippen LogP) is 4.29. The molecule has 0 spiro atoms. The Morgan fingerprint density at radius 1 is 1.00 bits per heavy atom. The Labute approximate surface area is 143 Å². The Balaban J connectivity index is 1.34. The zero-order chi connectivity index (χ0) is 16.4. The normalized spacial score (nSPS) is 25.7. The molecule has 2 N–H and O–H groups in total. The molecule has 0 aliphatic heterocycles. The Hall–Kier alpha value is -1.84. The van der Waals surface area contributed by atoms with Crippen molar-refractivity contribution in [3.05, 3.63) is 30.0 Å². The van der Waals surface area contributed by atoms with Crippen LogP contribution in [0.25, 0.3) is 10.9 Å². The van der Waals surface area contributed by atoms with Gasteiger partial charge in [0.25, 0.3) is 0 Å². The number of carbonyl (C=O) groups excluding carboxylic acids is 1. The molecule has 0 unspecified atom stereocenters. The van der Waals surface area contributed by atoms with E-state index in [2.05, 4.69) is 33.7 Å². The van der Waals surface area contributed by atoms with Gasteiger partial charge in [0, 0.05) is 29.0 Å². The lowest BCUT2D eigenvalue weighted by molar-refractivity contribution is -0.126. The molecule has 24 heavy (non-hydrogen) atoms. The van der Waals surface area contributed by atoms with Gasteiger partial charge in [-0.15, -0.1) is 0 Å². The Bertz CT molecular complexity index is 694.